The normalized spacial score (nSPS) is 27.7. The summed E-state index contributed by atoms with van der Waals surface area (Å²) >= 11 is 0. The van der Waals surface area contributed by atoms with Gasteiger partial charge in [-0.3, -0.25) is 4.79 Å². The Hall–Kier alpha value is -1.92. The van der Waals surface area contributed by atoms with Gasteiger partial charge >= 0.3 is 0 Å². The summed E-state index contributed by atoms with van der Waals surface area (Å²) in [6.07, 6.45) is 5.36. The van der Waals surface area contributed by atoms with Crippen LogP contribution < -0.4 is 9.80 Å². The zero-order chi connectivity index (χ0) is 16.0. The fourth-order valence-corrected chi connectivity index (χ4v) is 3.97. The molecule has 23 heavy (non-hydrogen) atoms. The predicted molar refractivity (Wildman–Crippen MR) is 84.9 cm³/mol. The van der Waals surface area contributed by atoms with Crippen molar-refractivity contribution in [3.05, 3.63) is 12.0 Å². The molecule has 1 amide bonds. The molecule has 0 radical (unpaired) electrons. The highest BCUT2D eigenvalue weighted by Crippen LogP contribution is 2.30. The van der Waals surface area contributed by atoms with Gasteiger partial charge in [-0.2, -0.15) is 4.98 Å². The van der Waals surface area contributed by atoms with Crippen molar-refractivity contribution in [2.75, 3.05) is 43.0 Å². The second-order valence-corrected chi connectivity index (χ2v) is 6.82. The first-order valence-corrected chi connectivity index (χ1v) is 8.42. The van der Waals surface area contributed by atoms with Crippen molar-refractivity contribution in [1.82, 2.24) is 14.9 Å². The molecule has 1 aromatic heterocycles. The number of carbonyl (C=O) groups excluding carboxylic acids is 1. The number of aromatic nitrogens is 2. The lowest BCUT2D eigenvalue weighted by Crippen LogP contribution is -2.45. The van der Waals surface area contributed by atoms with Crippen molar-refractivity contribution < 1.29 is 9.18 Å². The summed E-state index contributed by atoms with van der Waals surface area (Å²) in [5.41, 5.74) is 0. The number of likely N-dealkylation sites (N-methyl/N-ethyl adjacent to an activating group) is 1. The number of nitrogens with zero attached hydrogens (tertiary/aromatic N) is 5. The predicted octanol–water partition coefficient (Wildman–Crippen LogP) is 1.27. The zero-order valence-corrected chi connectivity index (χ0v) is 13.4. The van der Waals surface area contributed by atoms with Gasteiger partial charge in [-0.15, -0.1) is 0 Å². The first kappa shape index (κ1) is 14.7. The minimum atomic E-state index is -0.360. The van der Waals surface area contributed by atoms with Crippen molar-refractivity contribution in [3.8, 4) is 0 Å². The van der Waals surface area contributed by atoms with Gasteiger partial charge in [-0.1, -0.05) is 0 Å². The highest BCUT2D eigenvalue weighted by molar-refractivity contribution is 5.81. The molecule has 0 saturated carbocycles. The highest BCUT2D eigenvalue weighted by atomic mass is 19.1. The average Bonchev–Trinajstić information content (AvgIpc) is 2.95. The van der Waals surface area contributed by atoms with Crippen LogP contribution in [0.25, 0.3) is 0 Å². The van der Waals surface area contributed by atoms with E-state index in [9.17, 15) is 9.18 Å². The molecule has 4 fully saturated rings. The van der Waals surface area contributed by atoms with E-state index in [2.05, 4.69) is 14.9 Å². The van der Waals surface area contributed by atoms with Crippen molar-refractivity contribution in [1.29, 1.82) is 0 Å². The molecule has 5 heterocycles. The van der Waals surface area contributed by atoms with Gasteiger partial charge in [0, 0.05) is 39.3 Å². The maximum absolute atomic E-state index is 14.1. The van der Waals surface area contributed by atoms with Crippen molar-refractivity contribution >= 4 is 17.7 Å². The van der Waals surface area contributed by atoms with Gasteiger partial charge in [0.05, 0.1) is 12.1 Å². The lowest BCUT2D eigenvalue weighted by atomic mass is 9.95. The van der Waals surface area contributed by atoms with Crippen LogP contribution in [0, 0.1) is 11.7 Å². The van der Waals surface area contributed by atoms with E-state index in [4.69, 9.17) is 0 Å². The number of hydrogen-bond acceptors (Lipinski definition) is 5. The number of halogens is 1. The number of fused-ring (bicyclic) bond motifs is 4. The highest BCUT2D eigenvalue weighted by Gasteiger charge is 2.39. The zero-order valence-electron chi connectivity index (χ0n) is 13.4. The molecule has 1 aromatic rings. The monoisotopic (exact) mass is 319 g/mol. The Kier molecular flexibility index (Phi) is 3.58. The summed E-state index contributed by atoms with van der Waals surface area (Å²) in [6.45, 7) is 3.05. The third-order valence-electron chi connectivity index (χ3n) is 5.37. The first-order valence-electron chi connectivity index (χ1n) is 8.42. The molecule has 124 valence electrons. The van der Waals surface area contributed by atoms with E-state index in [1.54, 1.807) is 0 Å². The summed E-state index contributed by atoms with van der Waals surface area (Å²) in [5.74, 6) is 0.812. The Morgan fingerprint density at radius 1 is 1.17 bits per heavy atom. The minimum absolute atomic E-state index is 0.00244. The molecular weight excluding hydrogens is 297 g/mol. The van der Waals surface area contributed by atoms with Crippen LogP contribution in [0.1, 0.15) is 25.7 Å². The fraction of sp³-hybridized carbons (Fsp3) is 0.688. The Balaban J connectivity index is 1.63. The SMILES string of the molecule is CN1C(=O)[C@@H]2CC[C@H]1CN(c1ncc(F)c(N3CCCC3)n1)C2. The van der Waals surface area contributed by atoms with Gasteiger partial charge in [0.25, 0.3) is 0 Å². The van der Waals surface area contributed by atoms with Crippen LogP contribution >= 0.6 is 0 Å². The Morgan fingerprint density at radius 3 is 2.74 bits per heavy atom. The van der Waals surface area contributed by atoms with Crippen LogP contribution in [0.5, 0.6) is 0 Å². The van der Waals surface area contributed by atoms with Gasteiger partial charge in [-0.25, -0.2) is 9.37 Å². The van der Waals surface area contributed by atoms with Gasteiger partial charge in [0.2, 0.25) is 11.9 Å². The molecule has 5 rings (SSSR count). The van der Waals surface area contributed by atoms with Gasteiger partial charge in [0.15, 0.2) is 11.6 Å². The second kappa shape index (κ2) is 5.62. The lowest BCUT2D eigenvalue weighted by Gasteiger charge is -2.32. The summed E-state index contributed by atoms with van der Waals surface area (Å²) in [4.78, 5) is 26.9. The van der Waals surface area contributed by atoms with E-state index in [0.717, 1.165) is 45.3 Å². The summed E-state index contributed by atoms with van der Waals surface area (Å²) in [5, 5.41) is 0. The quantitative estimate of drug-likeness (QED) is 0.822. The Bertz CT molecular complexity index is 618. The Morgan fingerprint density at radius 2 is 1.96 bits per heavy atom. The largest absolute Gasteiger partial charge is 0.354 e. The smallest absolute Gasteiger partial charge is 0.227 e. The molecule has 6 nitrogen and oxygen atoms in total. The van der Waals surface area contributed by atoms with Crippen LogP contribution in [-0.4, -0.2) is 60.0 Å². The van der Waals surface area contributed by atoms with Crippen LogP contribution in [0.4, 0.5) is 16.2 Å². The molecule has 0 aromatic carbocycles. The minimum Gasteiger partial charge on any atom is -0.354 e. The van der Waals surface area contributed by atoms with E-state index < -0.39 is 0 Å². The topological polar surface area (TPSA) is 52.6 Å². The number of piperidine rings is 1. The number of amides is 1. The molecule has 2 bridgehead atoms. The van der Waals surface area contributed by atoms with Crippen LogP contribution in [0.3, 0.4) is 0 Å². The molecule has 4 saturated heterocycles. The molecule has 0 unspecified atom stereocenters. The summed E-state index contributed by atoms with van der Waals surface area (Å²) in [6, 6.07) is 0.199. The Labute approximate surface area is 135 Å². The molecule has 0 N–H and O–H groups in total. The van der Waals surface area contributed by atoms with E-state index in [1.807, 2.05) is 16.8 Å². The number of rotatable bonds is 2. The molecular formula is C16H22FN5O. The summed E-state index contributed by atoms with van der Waals surface area (Å²) < 4.78 is 14.1. The van der Waals surface area contributed by atoms with Crippen LogP contribution in [0.2, 0.25) is 0 Å². The molecule has 7 heteroatoms. The molecule has 0 spiro atoms. The summed E-state index contributed by atoms with van der Waals surface area (Å²) in [7, 11) is 1.88. The molecule has 4 aliphatic heterocycles. The standard InChI is InChI=1S/C16H22FN5O/c1-20-12-5-4-11(15(20)23)9-22(10-12)16-18-8-13(17)14(19-16)21-6-2-3-7-21/h8,11-12H,2-7,9-10H2,1H3/t11-,12+/m1/s1. The molecule has 0 aliphatic carbocycles. The number of hydrogen-bond donors (Lipinski definition) is 0. The van der Waals surface area contributed by atoms with Crippen molar-refractivity contribution in [3.63, 3.8) is 0 Å². The van der Waals surface area contributed by atoms with Gasteiger partial charge in [0.1, 0.15) is 0 Å². The lowest BCUT2D eigenvalue weighted by molar-refractivity contribution is -0.138. The first-order chi connectivity index (χ1) is 11.1. The van der Waals surface area contributed by atoms with E-state index in [1.165, 1.54) is 6.20 Å². The molecule has 2 atom stereocenters. The van der Waals surface area contributed by atoms with Gasteiger partial charge < -0.3 is 14.7 Å². The third-order valence-corrected chi connectivity index (χ3v) is 5.37. The van der Waals surface area contributed by atoms with E-state index >= 15 is 0 Å². The number of carbonyl (C=O) groups is 1. The van der Waals surface area contributed by atoms with E-state index in [-0.39, 0.29) is 23.7 Å². The maximum Gasteiger partial charge on any atom is 0.227 e. The van der Waals surface area contributed by atoms with Crippen LogP contribution in [0.15, 0.2) is 6.20 Å². The number of anilines is 2. The van der Waals surface area contributed by atoms with Crippen LogP contribution in [-0.2, 0) is 4.79 Å². The fourth-order valence-electron chi connectivity index (χ4n) is 3.97. The average molecular weight is 319 g/mol. The third kappa shape index (κ3) is 2.52. The molecule has 4 aliphatic rings. The van der Waals surface area contributed by atoms with Crippen molar-refractivity contribution in [2.45, 2.75) is 31.7 Å². The second-order valence-electron chi connectivity index (χ2n) is 6.82. The van der Waals surface area contributed by atoms with E-state index in [0.29, 0.717) is 18.3 Å². The maximum atomic E-state index is 14.1. The van der Waals surface area contributed by atoms with Crippen molar-refractivity contribution in [2.24, 2.45) is 5.92 Å². The van der Waals surface area contributed by atoms with Gasteiger partial charge in [-0.05, 0) is 25.7 Å².